The first-order chi connectivity index (χ1) is 13.1. The molecule has 0 aliphatic heterocycles. The summed E-state index contributed by atoms with van der Waals surface area (Å²) in [7, 11) is -8.44. The molecule has 0 rings (SSSR count). The summed E-state index contributed by atoms with van der Waals surface area (Å²) >= 11 is 0. The lowest BCUT2D eigenvalue weighted by atomic mass is 10.3. The number of likely N-dealkylation sites (N-methyl/N-ethyl adjacent to an activating group) is 1. The molecule has 0 amide bonds. The Morgan fingerprint density at radius 3 is 1.77 bits per heavy atom. The average Bonchev–Trinajstić information content (AvgIpc) is 2.50. The number of alkyl halides is 7. The molecule has 0 saturated carbocycles. The first-order valence-electron chi connectivity index (χ1n) is 8.31. The van der Waals surface area contributed by atoms with Crippen LogP contribution in [-0.2, 0) is 20.1 Å². The van der Waals surface area contributed by atoms with Crippen LogP contribution in [0.1, 0.15) is 12.8 Å². The zero-order valence-electron chi connectivity index (χ0n) is 16.0. The van der Waals surface area contributed by atoms with Crippen molar-refractivity contribution < 1.29 is 61.7 Å². The van der Waals surface area contributed by atoms with Crippen molar-refractivity contribution >= 4 is 20.1 Å². The number of rotatable bonds is 13. The fourth-order valence-electron chi connectivity index (χ4n) is 2.32. The molecule has 30 heavy (non-hydrogen) atoms. The van der Waals surface area contributed by atoms with Gasteiger partial charge in [0.05, 0.1) is 37.4 Å². The summed E-state index contributed by atoms with van der Waals surface area (Å²) in [5.41, 5.74) is 0. The van der Waals surface area contributed by atoms with Gasteiger partial charge < -0.3 is 14.1 Å². The Morgan fingerprint density at radius 2 is 1.37 bits per heavy atom. The number of hydrogen-bond acceptors (Lipinski definition) is 6. The molecule has 17 heteroatoms. The largest absolute Gasteiger partial charge is 0.748 e. The molecule has 0 unspecified atom stereocenters. The maximum absolute atomic E-state index is 13.9. The molecule has 0 aromatic carbocycles. The van der Waals surface area contributed by atoms with E-state index in [1.165, 1.54) is 0 Å². The lowest BCUT2D eigenvalue weighted by Gasteiger charge is -2.33. The van der Waals surface area contributed by atoms with Crippen molar-refractivity contribution in [3.63, 3.8) is 0 Å². The van der Waals surface area contributed by atoms with Crippen LogP contribution < -0.4 is 0 Å². The normalized spacial score (nSPS) is 15.1. The zero-order chi connectivity index (χ0) is 24.2. The molecule has 0 atom stereocenters. The molecule has 0 aliphatic carbocycles. The number of halogens is 7. The van der Waals surface area contributed by atoms with Gasteiger partial charge in [-0.3, -0.25) is 0 Å². The van der Waals surface area contributed by atoms with Crippen molar-refractivity contribution in [3.05, 3.63) is 0 Å². The van der Waals surface area contributed by atoms with Gasteiger partial charge in [-0.1, -0.05) is 0 Å². The number of aliphatic hydroxyl groups is 1. The Bertz CT molecular complexity index is 769. The van der Waals surface area contributed by atoms with Gasteiger partial charge >= 0.3 is 17.4 Å². The highest BCUT2D eigenvalue weighted by molar-refractivity contribution is 7.90. The molecular formula is C13H23F7N2O6S2. The van der Waals surface area contributed by atoms with E-state index in [0.29, 0.717) is 0 Å². The third-order valence-corrected chi connectivity index (χ3v) is 6.80. The van der Waals surface area contributed by atoms with E-state index in [1.807, 2.05) is 0 Å². The van der Waals surface area contributed by atoms with Crippen LogP contribution >= 0.6 is 0 Å². The lowest BCUT2D eigenvalue weighted by Crippen LogP contribution is -2.60. The van der Waals surface area contributed by atoms with Crippen LogP contribution in [0.2, 0.25) is 0 Å². The van der Waals surface area contributed by atoms with E-state index in [-0.39, 0.29) is 34.9 Å². The first-order valence-corrected chi connectivity index (χ1v) is 11.3. The molecule has 0 heterocycles. The SMILES string of the molecule is C[N+](C)(CCO)CCCN(CCCS(=O)(=O)[O-])S(=O)(=O)C(F)(F)C(F)(F)C(F)(F)F. The predicted octanol–water partition coefficient (Wildman–Crippen LogP) is 0.803. The van der Waals surface area contributed by atoms with Gasteiger partial charge in [0, 0.05) is 25.3 Å². The molecule has 8 nitrogen and oxygen atoms in total. The molecule has 0 aromatic rings. The summed E-state index contributed by atoms with van der Waals surface area (Å²) in [6.07, 6.45) is -8.08. The Labute approximate surface area is 169 Å². The van der Waals surface area contributed by atoms with E-state index < -0.39 is 62.8 Å². The molecular weight excluding hydrogens is 477 g/mol. The lowest BCUT2D eigenvalue weighted by molar-refractivity contribution is -0.890. The minimum absolute atomic E-state index is 0.00761. The summed E-state index contributed by atoms with van der Waals surface area (Å²) in [6, 6.07) is 0. The molecule has 0 spiro atoms. The molecule has 0 bridgehead atoms. The molecule has 1 N–H and O–H groups in total. The van der Waals surface area contributed by atoms with Crippen molar-refractivity contribution in [1.82, 2.24) is 4.31 Å². The fraction of sp³-hybridized carbons (Fsp3) is 1.00. The van der Waals surface area contributed by atoms with Crippen molar-refractivity contribution in [1.29, 1.82) is 0 Å². The van der Waals surface area contributed by atoms with E-state index in [1.54, 1.807) is 14.1 Å². The Balaban J connectivity index is 5.79. The van der Waals surface area contributed by atoms with Crippen LogP contribution in [-0.4, -0.2) is 105 Å². The molecule has 182 valence electrons. The summed E-state index contributed by atoms with van der Waals surface area (Å²) < 4.78 is 147. The van der Waals surface area contributed by atoms with Crippen molar-refractivity contribution in [2.75, 3.05) is 52.6 Å². The van der Waals surface area contributed by atoms with Gasteiger partial charge in [0.2, 0.25) is 0 Å². The number of hydrogen-bond donors (Lipinski definition) is 1. The second-order valence-corrected chi connectivity index (χ2v) is 10.6. The summed E-state index contributed by atoms with van der Waals surface area (Å²) in [5.74, 6) is -8.17. The monoisotopic (exact) mass is 500 g/mol. The van der Waals surface area contributed by atoms with Crippen molar-refractivity contribution in [3.8, 4) is 0 Å². The van der Waals surface area contributed by atoms with Gasteiger partial charge in [-0.15, -0.1) is 0 Å². The molecule has 0 aliphatic rings. The molecule has 0 radical (unpaired) electrons. The highest BCUT2D eigenvalue weighted by atomic mass is 32.2. The highest BCUT2D eigenvalue weighted by Crippen LogP contribution is 2.49. The Kier molecular flexibility index (Phi) is 9.56. The van der Waals surface area contributed by atoms with Crippen LogP contribution in [0.4, 0.5) is 30.7 Å². The van der Waals surface area contributed by atoms with Gasteiger partial charge in [0.1, 0.15) is 6.54 Å². The first kappa shape index (κ1) is 29.2. The van der Waals surface area contributed by atoms with E-state index in [0.717, 1.165) is 0 Å². The standard InChI is InChI=1S/C13H23F7N2O6S2/c1-22(2,8-9-23)7-3-5-21(6-4-10-29(24,25)26)30(27,28)13(19,20)11(14,15)12(16,17)18/h23H,3-10H2,1-2H3. The second kappa shape index (κ2) is 9.81. The van der Waals surface area contributed by atoms with Crippen LogP contribution in [0.25, 0.3) is 0 Å². The van der Waals surface area contributed by atoms with E-state index in [2.05, 4.69) is 0 Å². The number of quaternary nitrogens is 1. The number of aliphatic hydroxyl groups excluding tert-OH is 1. The van der Waals surface area contributed by atoms with Gasteiger partial charge in [0.15, 0.2) is 0 Å². The second-order valence-electron chi connectivity index (χ2n) is 7.07. The minimum atomic E-state index is -6.92. The highest BCUT2D eigenvalue weighted by Gasteiger charge is 2.79. The van der Waals surface area contributed by atoms with Crippen molar-refractivity contribution in [2.24, 2.45) is 0 Å². The minimum Gasteiger partial charge on any atom is -0.748 e. The van der Waals surface area contributed by atoms with Gasteiger partial charge in [0.25, 0.3) is 10.0 Å². The molecule has 0 saturated heterocycles. The Morgan fingerprint density at radius 1 is 0.900 bits per heavy atom. The quantitative estimate of drug-likeness (QED) is 0.227. The van der Waals surface area contributed by atoms with E-state index >= 15 is 0 Å². The smallest absolute Gasteiger partial charge is 0.461 e. The maximum Gasteiger partial charge on any atom is 0.461 e. The van der Waals surface area contributed by atoms with Crippen LogP contribution in [0.15, 0.2) is 0 Å². The van der Waals surface area contributed by atoms with Crippen LogP contribution in [0.5, 0.6) is 0 Å². The third-order valence-electron chi connectivity index (χ3n) is 4.06. The predicted molar refractivity (Wildman–Crippen MR) is 89.2 cm³/mol. The van der Waals surface area contributed by atoms with Crippen LogP contribution in [0.3, 0.4) is 0 Å². The molecule has 0 aromatic heterocycles. The summed E-state index contributed by atoms with van der Waals surface area (Å²) in [5, 5.41) is 2.33. The van der Waals surface area contributed by atoms with E-state index in [4.69, 9.17) is 5.11 Å². The third kappa shape index (κ3) is 7.44. The number of sulfonamides is 1. The van der Waals surface area contributed by atoms with Crippen molar-refractivity contribution in [2.45, 2.75) is 30.2 Å². The van der Waals surface area contributed by atoms with Gasteiger partial charge in [-0.25, -0.2) is 16.8 Å². The maximum atomic E-state index is 13.9. The topological polar surface area (TPSA) is 115 Å². The van der Waals surface area contributed by atoms with E-state index in [9.17, 15) is 52.1 Å². The fourth-order valence-corrected chi connectivity index (χ4v) is 4.30. The molecule has 0 fully saturated rings. The van der Waals surface area contributed by atoms with Crippen LogP contribution in [0, 0.1) is 0 Å². The zero-order valence-corrected chi connectivity index (χ0v) is 17.6. The van der Waals surface area contributed by atoms with Gasteiger partial charge in [-0.2, -0.15) is 35.0 Å². The summed E-state index contributed by atoms with van der Waals surface area (Å²) in [6.45, 7) is -2.29. The average molecular weight is 500 g/mol. The number of nitrogens with zero attached hydrogens (tertiary/aromatic N) is 2. The van der Waals surface area contributed by atoms with Gasteiger partial charge in [-0.05, 0) is 6.42 Å². The Hall–Kier alpha value is -0.750. The summed E-state index contributed by atoms with van der Waals surface area (Å²) in [4.78, 5) is 0.